The molecule has 0 radical (unpaired) electrons. The summed E-state index contributed by atoms with van der Waals surface area (Å²) < 4.78 is 44.2. The fraction of sp³-hybridized carbons (Fsp3) is 0.240. The fourth-order valence-electron chi connectivity index (χ4n) is 3.38. The quantitative estimate of drug-likeness (QED) is 0.427. The van der Waals surface area contributed by atoms with Crippen LogP contribution in [-0.2, 0) is 21.4 Å². The third-order valence-corrected chi connectivity index (χ3v) is 7.06. The van der Waals surface area contributed by atoms with E-state index in [9.17, 15) is 13.2 Å². The first kappa shape index (κ1) is 24.1. The van der Waals surface area contributed by atoms with Crippen LogP contribution >= 0.6 is 0 Å². The maximum atomic E-state index is 13.4. The summed E-state index contributed by atoms with van der Waals surface area (Å²) in [6, 6.07) is 19.1. The van der Waals surface area contributed by atoms with Crippen LogP contribution in [0.1, 0.15) is 28.4 Å². The Bertz CT molecular complexity index is 1220. The number of methoxy groups -OCH3 is 2. The molecule has 0 aliphatic rings. The minimum Gasteiger partial charge on any atom is -0.493 e. The molecule has 0 heterocycles. The van der Waals surface area contributed by atoms with Gasteiger partial charge in [-0.05, 0) is 49.2 Å². The number of carbonyl (C=O) groups excluding carboxylic acids is 1. The minimum atomic E-state index is -3.95. The second-order valence-corrected chi connectivity index (χ2v) is 9.11. The van der Waals surface area contributed by atoms with Crippen molar-refractivity contribution < 1.29 is 27.4 Å². The van der Waals surface area contributed by atoms with Crippen LogP contribution in [0, 0.1) is 6.92 Å². The second kappa shape index (κ2) is 10.4. The third kappa shape index (κ3) is 5.28. The summed E-state index contributed by atoms with van der Waals surface area (Å²) in [5, 5.41) is 0. The molecule has 3 aromatic carbocycles. The molecule has 0 unspecified atom stereocenters. The molecule has 0 bridgehead atoms. The van der Waals surface area contributed by atoms with Gasteiger partial charge in [0.05, 0.1) is 30.4 Å². The summed E-state index contributed by atoms with van der Waals surface area (Å²) in [6.07, 6.45) is 0. The molecule has 0 saturated carbocycles. The lowest BCUT2D eigenvalue weighted by Gasteiger charge is -2.24. The van der Waals surface area contributed by atoms with Crippen molar-refractivity contribution in [3.8, 4) is 11.5 Å². The maximum Gasteiger partial charge on any atom is 0.338 e. The van der Waals surface area contributed by atoms with Crippen molar-refractivity contribution >= 4 is 21.7 Å². The molecular weight excluding hydrogens is 442 g/mol. The number of hydrogen-bond donors (Lipinski definition) is 0. The number of carbonyl (C=O) groups is 1. The predicted octanol–water partition coefficient (Wildman–Crippen LogP) is 4.58. The van der Waals surface area contributed by atoms with E-state index in [1.807, 2.05) is 30.3 Å². The van der Waals surface area contributed by atoms with Crippen LogP contribution in [-0.4, -0.2) is 35.2 Å². The first-order chi connectivity index (χ1) is 15.8. The van der Waals surface area contributed by atoms with E-state index < -0.39 is 16.0 Å². The summed E-state index contributed by atoms with van der Waals surface area (Å²) >= 11 is 0. The Morgan fingerprint density at radius 2 is 1.67 bits per heavy atom. The van der Waals surface area contributed by atoms with E-state index in [0.717, 1.165) is 5.56 Å². The number of rotatable bonds is 9. The fourth-order valence-corrected chi connectivity index (χ4v) is 4.87. The highest BCUT2D eigenvalue weighted by molar-refractivity contribution is 7.92. The molecule has 33 heavy (non-hydrogen) atoms. The lowest BCUT2D eigenvalue weighted by molar-refractivity contribution is 0.0599. The molecule has 0 spiro atoms. The van der Waals surface area contributed by atoms with Crippen molar-refractivity contribution in [1.82, 2.24) is 0 Å². The second-order valence-electron chi connectivity index (χ2n) is 7.25. The topological polar surface area (TPSA) is 82.1 Å². The third-order valence-electron chi connectivity index (χ3n) is 5.16. The normalized spacial score (nSPS) is 11.0. The molecule has 8 heteroatoms. The van der Waals surface area contributed by atoms with Crippen LogP contribution in [0.4, 0.5) is 5.69 Å². The molecule has 0 aromatic heterocycles. The summed E-state index contributed by atoms with van der Waals surface area (Å²) in [5.41, 5.74) is 2.26. The van der Waals surface area contributed by atoms with E-state index in [2.05, 4.69) is 0 Å². The van der Waals surface area contributed by atoms with Gasteiger partial charge in [0.2, 0.25) is 0 Å². The van der Waals surface area contributed by atoms with E-state index in [4.69, 9.17) is 14.2 Å². The molecule has 0 fully saturated rings. The van der Waals surface area contributed by atoms with Gasteiger partial charge in [-0.1, -0.05) is 36.4 Å². The highest BCUT2D eigenvalue weighted by atomic mass is 32.2. The summed E-state index contributed by atoms with van der Waals surface area (Å²) in [5.74, 6) is 0.326. The Kier molecular flexibility index (Phi) is 7.60. The highest BCUT2D eigenvalue weighted by Crippen LogP contribution is 2.34. The standard InChI is InChI=1S/C25H27NO6S/c1-5-26(33(28,29)21-13-11-18(2)22(16-21)25(27)31-4)20-12-14-23(24(15-20)30-3)32-17-19-9-7-6-8-10-19/h6-16H,5,17H2,1-4H3. The molecule has 0 aliphatic carbocycles. The van der Waals surface area contributed by atoms with Crippen molar-refractivity contribution in [2.45, 2.75) is 25.3 Å². The highest BCUT2D eigenvalue weighted by Gasteiger charge is 2.26. The van der Waals surface area contributed by atoms with Gasteiger partial charge < -0.3 is 14.2 Å². The molecule has 0 N–H and O–H groups in total. The molecule has 0 aliphatic heterocycles. The van der Waals surface area contributed by atoms with Crippen LogP contribution in [0.25, 0.3) is 0 Å². The van der Waals surface area contributed by atoms with E-state index in [0.29, 0.717) is 29.4 Å². The predicted molar refractivity (Wildman–Crippen MR) is 126 cm³/mol. The van der Waals surface area contributed by atoms with E-state index in [1.165, 1.54) is 30.7 Å². The average Bonchev–Trinajstić information content (AvgIpc) is 2.83. The number of esters is 1. The molecule has 7 nitrogen and oxygen atoms in total. The number of ether oxygens (including phenoxy) is 3. The Morgan fingerprint density at radius 3 is 2.30 bits per heavy atom. The first-order valence-electron chi connectivity index (χ1n) is 10.4. The van der Waals surface area contributed by atoms with E-state index in [-0.39, 0.29) is 17.0 Å². The minimum absolute atomic E-state index is 0.00118. The van der Waals surface area contributed by atoms with Crippen molar-refractivity contribution in [3.05, 3.63) is 83.4 Å². The first-order valence-corrected chi connectivity index (χ1v) is 11.8. The summed E-state index contributed by atoms with van der Waals surface area (Å²) in [6.45, 7) is 3.99. The number of benzene rings is 3. The van der Waals surface area contributed by atoms with E-state index in [1.54, 1.807) is 38.1 Å². The maximum absolute atomic E-state index is 13.4. The summed E-state index contributed by atoms with van der Waals surface area (Å²) in [4.78, 5) is 12.0. The van der Waals surface area contributed by atoms with Crippen molar-refractivity contribution in [2.24, 2.45) is 0 Å². The van der Waals surface area contributed by atoms with Gasteiger partial charge in [0.1, 0.15) is 6.61 Å². The molecule has 174 valence electrons. The molecule has 3 aromatic rings. The Hall–Kier alpha value is -3.52. The smallest absolute Gasteiger partial charge is 0.338 e. The Labute approximate surface area is 194 Å². The van der Waals surface area contributed by atoms with Gasteiger partial charge in [0.25, 0.3) is 10.0 Å². The van der Waals surface area contributed by atoms with Crippen LogP contribution < -0.4 is 13.8 Å². The number of hydrogen-bond acceptors (Lipinski definition) is 6. The van der Waals surface area contributed by atoms with Crippen molar-refractivity contribution in [2.75, 3.05) is 25.1 Å². The Morgan fingerprint density at radius 1 is 0.939 bits per heavy atom. The SMILES string of the molecule is CCN(c1ccc(OCc2ccccc2)c(OC)c1)S(=O)(=O)c1ccc(C)c(C(=O)OC)c1. The van der Waals surface area contributed by atoms with Crippen molar-refractivity contribution in [3.63, 3.8) is 0 Å². The molecule has 3 rings (SSSR count). The molecular formula is C25H27NO6S. The van der Waals surface area contributed by atoms with Gasteiger partial charge in [-0.25, -0.2) is 13.2 Å². The lowest BCUT2D eigenvalue weighted by atomic mass is 10.1. The van der Waals surface area contributed by atoms with Crippen molar-refractivity contribution in [1.29, 1.82) is 0 Å². The van der Waals surface area contributed by atoms with E-state index >= 15 is 0 Å². The monoisotopic (exact) mass is 469 g/mol. The van der Waals surface area contributed by atoms with Crippen LogP contribution in [0.2, 0.25) is 0 Å². The van der Waals surface area contributed by atoms with Gasteiger partial charge >= 0.3 is 5.97 Å². The van der Waals surface area contributed by atoms with Crippen LogP contribution in [0.15, 0.2) is 71.6 Å². The number of sulfonamides is 1. The lowest BCUT2D eigenvalue weighted by Crippen LogP contribution is -2.31. The summed E-state index contributed by atoms with van der Waals surface area (Å²) in [7, 11) is -1.19. The van der Waals surface area contributed by atoms with Gasteiger partial charge in [-0.3, -0.25) is 4.31 Å². The Balaban J connectivity index is 1.92. The van der Waals surface area contributed by atoms with Crippen LogP contribution in [0.5, 0.6) is 11.5 Å². The molecule has 0 atom stereocenters. The number of aryl methyl sites for hydroxylation is 1. The van der Waals surface area contributed by atoms with Gasteiger partial charge in [-0.2, -0.15) is 0 Å². The average molecular weight is 470 g/mol. The zero-order valence-electron chi connectivity index (χ0n) is 19.1. The van der Waals surface area contributed by atoms with Gasteiger partial charge in [-0.15, -0.1) is 0 Å². The van der Waals surface area contributed by atoms with Gasteiger partial charge in [0, 0.05) is 12.6 Å². The molecule has 0 amide bonds. The number of nitrogens with zero attached hydrogens (tertiary/aromatic N) is 1. The zero-order chi connectivity index (χ0) is 24.0. The zero-order valence-corrected chi connectivity index (χ0v) is 19.9. The van der Waals surface area contributed by atoms with Gasteiger partial charge in [0.15, 0.2) is 11.5 Å². The van der Waals surface area contributed by atoms with Crippen LogP contribution in [0.3, 0.4) is 0 Å². The molecule has 0 saturated heterocycles. The number of anilines is 1. The largest absolute Gasteiger partial charge is 0.493 e.